The summed E-state index contributed by atoms with van der Waals surface area (Å²) < 4.78 is 0. The molecule has 0 aromatic carbocycles. The Morgan fingerprint density at radius 3 is 2.12 bits per heavy atom. The summed E-state index contributed by atoms with van der Waals surface area (Å²) in [5.41, 5.74) is 0.0860. The molecule has 2 N–H and O–H groups in total. The van der Waals surface area contributed by atoms with Crippen LogP contribution < -0.4 is 5.32 Å². The molecule has 8 heavy (non-hydrogen) atoms. The molecule has 0 fully saturated rings. The Balaban J connectivity index is 3.11. The van der Waals surface area contributed by atoms with Crippen LogP contribution in [-0.4, -0.2) is 17.3 Å². The summed E-state index contributed by atoms with van der Waals surface area (Å²) in [6.07, 6.45) is 0. The number of aliphatic hydroxyl groups is 1. The van der Waals surface area contributed by atoms with Crippen LogP contribution in [0.4, 0.5) is 0 Å². The Bertz CT molecular complexity index is 56.0. The number of hydrogen-bond acceptors (Lipinski definition) is 2. The second-order valence-electron chi connectivity index (χ2n) is 2.78. The summed E-state index contributed by atoms with van der Waals surface area (Å²) in [6, 6.07) is 0. The lowest BCUT2D eigenvalue weighted by Gasteiger charge is -2.18. The summed E-state index contributed by atoms with van der Waals surface area (Å²) >= 11 is 0. The highest BCUT2D eigenvalue weighted by Crippen LogP contribution is 1.97. The maximum absolute atomic E-state index is 8.31. The van der Waals surface area contributed by atoms with Gasteiger partial charge in [-0.25, -0.2) is 0 Å². The molecule has 0 aromatic rings. The predicted octanol–water partition coefficient (Wildman–Crippen LogP) is 0.529. The Kier molecular flexibility index (Phi) is 3.02. The molecule has 0 saturated heterocycles. The van der Waals surface area contributed by atoms with Gasteiger partial charge in [-0.1, -0.05) is 0 Å². The minimum Gasteiger partial charge on any atom is -0.395 e. The highest BCUT2D eigenvalue weighted by atomic mass is 16.3. The second-order valence-corrected chi connectivity index (χ2v) is 2.78. The third-order valence-corrected chi connectivity index (χ3v) is 0.626. The van der Waals surface area contributed by atoms with Gasteiger partial charge in [0.2, 0.25) is 0 Å². The van der Waals surface area contributed by atoms with Gasteiger partial charge in [0.25, 0.3) is 0 Å². The van der Waals surface area contributed by atoms with Gasteiger partial charge < -0.3 is 10.4 Å². The first kappa shape index (κ1) is 7.92. The molecule has 49 valence electrons. The SMILES string of the molecule is CC(C)(C)N[CH]CO. The van der Waals surface area contributed by atoms with Crippen molar-refractivity contribution in [2.45, 2.75) is 26.3 Å². The molecule has 0 rings (SSSR count). The number of nitrogens with one attached hydrogen (secondary N) is 1. The fraction of sp³-hybridized carbons (Fsp3) is 0.833. The normalized spacial score (nSPS) is 12.0. The minimum absolute atomic E-state index is 0.0860. The number of hydrogen-bond donors (Lipinski definition) is 2. The first-order valence-electron chi connectivity index (χ1n) is 2.76. The molecular weight excluding hydrogens is 102 g/mol. The monoisotopic (exact) mass is 116 g/mol. The summed E-state index contributed by atoms with van der Waals surface area (Å²) in [7, 11) is 0. The summed E-state index contributed by atoms with van der Waals surface area (Å²) in [5.74, 6) is 0. The Morgan fingerprint density at radius 2 is 2.00 bits per heavy atom. The average molecular weight is 116 g/mol. The van der Waals surface area contributed by atoms with Gasteiger partial charge in [-0.15, -0.1) is 0 Å². The van der Waals surface area contributed by atoms with Crippen LogP contribution in [-0.2, 0) is 0 Å². The van der Waals surface area contributed by atoms with Gasteiger partial charge in [0.1, 0.15) is 0 Å². The summed E-state index contributed by atoms with van der Waals surface area (Å²) in [5, 5.41) is 11.3. The van der Waals surface area contributed by atoms with E-state index in [0.29, 0.717) is 0 Å². The van der Waals surface area contributed by atoms with E-state index in [1.54, 1.807) is 6.54 Å². The first-order valence-corrected chi connectivity index (χ1v) is 2.76. The molecular formula is C6H14NO. The maximum Gasteiger partial charge on any atom is 0.0600 e. The van der Waals surface area contributed by atoms with Gasteiger partial charge in [0.05, 0.1) is 6.61 Å². The minimum atomic E-state index is 0.0860. The van der Waals surface area contributed by atoms with Crippen molar-refractivity contribution in [3.63, 3.8) is 0 Å². The van der Waals surface area contributed by atoms with Crippen molar-refractivity contribution in [1.82, 2.24) is 5.32 Å². The molecule has 0 spiro atoms. The maximum atomic E-state index is 8.31. The summed E-state index contributed by atoms with van der Waals surface area (Å²) in [6.45, 7) is 7.86. The molecule has 2 nitrogen and oxygen atoms in total. The van der Waals surface area contributed by atoms with E-state index >= 15 is 0 Å². The van der Waals surface area contributed by atoms with Crippen molar-refractivity contribution in [1.29, 1.82) is 0 Å². The molecule has 0 aliphatic heterocycles. The Hall–Kier alpha value is -0.0800. The van der Waals surface area contributed by atoms with Gasteiger partial charge in [-0.05, 0) is 20.8 Å². The Labute approximate surface area is 50.9 Å². The topological polar surface area (TPSA) is 32.3 Å². The van der Waals surface area contributed by atoms with Crippen molar-refractivity contribution in [2.24, 2.45) is 0 Å². The molecule has 1 radical (unpaired) electrons. The average Bonchev–Trinajstić information content (AvgIpc) is 1.59. The van der Waals surface area contributed by atoms with E-state index in [1.807, 2.05) is 20.8 Å². The molecule has 0 bridgehead atoms. The molecule has 0 atom stereocenters. The van der Waals surface area contributed by atoms with Crippen LogP contribution in [0.2, 0.25) is 0 Å². The molecule has 0 saturated carbocycles. The third-order valence-electron chi connectivity index (χ3n) is 0.626. The first-order chi connectivity index (χ1) is 3.56. The van der Waals surface area contributed by atoms with Crippen LogP contribution in [0.3, 0.4) is 0 Å². The highest BCUT2D eigenvalue weighted by Gasteiger charge is 2.06. The standard InChI is InChI=1S/C6H14NO/c1-6(2,3)7-4-5-8/h4,7-8H,5H2,1-3H3. The van der Waals surface area contributed by atoms with E-state index in [-0.39, 0.29) is 12.1 Å². The van der Waals surface area contributed by atoms with Crippen LogP contribution in [0, 0.1) is 6.54 Å². The lowest BCUT2D eigenvalue weighted by Crippen LogP contribution is -2.34. The molecule has 0 amide bonds. The fourth-order valence-electron chi connectivity index (χ4n) is 0.352. The van der Waals surface area contributed by atoms with E-state index in [2.05, 4.69) is 5.32 Å². The zero-order valence-corrected chi connectivity index (χ0v) is 5.73. The molecule has 0 unspecified atom stereocenters. The number of aliphatic hydroxyl groups excluding tert-OH is 1. The molecule has 2 heteroatoms. The van der Waals surface area contributed by atoms with E-state index in [4.69, 9.17) is 5.11 Å². The third kappa shape index (κ3) is 5.92. The zero-order chi connectivity index (χ0) is 6.62. The van der Waals surface area contributed by atoms with Crippen LogP contribution in [0.5, 0.6) is 0 Å². The van der Waals surface area contributed by atoms with Crippen molar-refractivity contribution in [2.75, 3.05) is 6.61 Å². The van der Waals surface area contributed by atoms with Crippen LogP contribution in [0.15, 0.2) is 0 Å². The molecule has 0 aliphatic rings. The van der Waals surface area contributed by atoms with Crippen molar-refractivity contribution in [3.8, 4) is 0 Å². The van der Waals surface area contributed by atoms with E-state index < -0.39 is 0 Å². The van der Waals surface area contributed by atoms with Gasteiger partial charge in [-0.3, -0.25) is 0 Å². The highest BCUT2D eigenvalue weighted by molar-refractivity contribution is 4.75. The van der Waals surface area contributed by atoms with E-state index in [9.17, 15) is 0 Å². The van der Waals surface area contributed by atoms with Crippen LogP contribution >= 0.6 is 0 Å². The quantitative estimate of drug-likeness (QED) is 0.551. The van der Waals surface area contributed by atoms with Crippen LogP contribution in [0.25, 0.3) is 0 Å². The van der Waals surface area contributed by atoms with Crippen molar-refractivity contribution in [3.05, 3.63) is 6.54 Å². The Morgan fingerprint density at radius 1 is 1.50 bits per heavy atom. The molecule has 0 aliphatic carbocycles. The van der Waals surface area contributed by atoms with Gasteiger partial charge >= 0.3 is 0 Å². The lowest BCUT2D eigenvalue weighted by molar-refractivity contribution is 0.302. The second kappa shape index (κ2) is 3.05. The number of rotatable bonds is 2. The van der Waals surface area contributed by atoms with Crippen molar-refractivity contribution >= 4 is 0 Å². The fourth-order valence-corrected chi connectivity index (χ4v) is 0.352. The van der Waals surface area contributed by atoms with Crippen molar-refractivity contribution < 1.29 is 5.11 Å². The predicted molar refractivity (Wildman–Crippen MR) is 34.3 cm³/mol. The summed E-state index contributed by atoms with van der Waals surface area (Å²) in [4.78, 5) is 0. The lowest BCUT2D eigenvalue weighted by atomic mass is 10.1. The molecule has 0 heterocycles. The van der Waals surface area contributed by atoms with Gasteiger partial charge in [0.15, 0.2) is 0 Å². The largest absolute Gasteiger partial charge is 0.395 e. The van der Waals surface area contributed by atoms with Gasteiger partial charge in [0, 0.05) is 12.1 Å². The zero-order valence-electron chi connectivity index (χ0n) is 5.73. The van der Waals surface area contributed by atoms with Gasteiger partial charge in [-0.2, -0.15) is 0 Å². The van der Waals surface area contributed by atoms with E-state index in [1.165, 1.54) is 0 Å². The molecule has 0 aromatic heterocycles. The van der Waals surface area contributed by atoms with Crippen LogP contribution in [0.1, 0.15) is 20.8 Å². The van der Waals surface area contributed by atoms with E-state index in [0.717, 1.165) is 0 Å². The smallest absolute Gasteiger partial charge is 0.0600 e.